The number of ether oxygens (including phenoxy) is 2. The van der Waals surface area contributed by atoms with Gasteiger partial charge in [-0.15, -0.1) is 11.3 Å². The zero-order valence-electron chi connectivity index (χ0n) is 17.4. The van der Waals surface area contributed by atoms with Gasteiger partial charge in [0.1, 0.15) is 10.7 Å². The Morgan fingerprint density at radius 1 is 1.10 bits per heavy atom. The Labute approximate surface area is 184 Å². The Morgan fingerprint density at radius 2 is 1.87 bits per heavy atom. The number of methoxy groups -OCH3 is 2. The molecule has 0 spiro atoms. The Kier molecular flexibility index (Phi) is 5.99. The van der Waals surface area contributed by atoms with Crippen molar-refractivity contribution in [1.29, 1.82) is 0 Å². The smallest absolute Gasteiger partial charge is 0.271 e. The highest BCUT2D eigenvalue weighted by Gasteiger charge is 2.16. The molecule has 1 N–H and O–H groups in total. The Balaban J connectivity index is 1.45. The Hall–Kier alpha value is -3.65. The lowest BCUT2D eigenvalue weighted by atomic mass is 10.1. The van der Waals surface area contributed by atoms with E-state index in [-0.39, 0.29) is 11.9 Å². The van der Waals surface area contributed by atoms with Gasteiger partial charge in [-0.05, 0) is 42.8 Å². The highest BCUT2D eigenvalue weighted by atomic mass is 32.1. The van der Waals surface area contributed by atoms with Crippen LogP contribution in [-0.4, -0.2) is 34.7 Å². The zero-order chi connectivity index (χ0) is 21.8. The van der Waals surface area contributed by atoms with Gasteiger partial charge in [0, 0.05) is 29.0 Å². The van der Waals surface area contributed by atoms with Gasteiger partial charge in [-0.1, -0.05) is 12.1 Å². The third kappa shape index (κ3) is 4.44. The largest absolute Gasteiger partial charge is 0.493 e. The monoisotopic (exact) mass is 434 g/mol. The van der Waals surface area contributed by atoms with Crippen LogP contribution in [0, 0.1) is 0 Å². The number of nitrogens with zero attached hydrogens (tertiary/aromatic N) is 3. The topological polar surface area (TPSA) is 78.3 Å². The molecule has 0 fully saturated rings. The first-order valence-corrected chi connectivity index (χ1v) is 10.5. The van der Waals surface area contributed by atoms with Crippen molar-refractivity contribution in [2.45, 2.75) is 13.0 Å². The number of carbonyl (C=O) groups excluding carboxylic acids is 1. The molecule has 0 unspecified atom stereocenters. The van der Waals surface area contributed by atoms with Crippen molar-refractivity contribution in [3.63, 3.8) is 0 Å². The van der Waals surface area contributed by atoms with Gasteiger partial charge in [-0.25, -0.2) is 9.97 Å². The van der Waals surface area contributed by atoms with Crippen LogP contribution in [0.4, 0.5) is 0 Å². The van der Waals surface area contributed by atoms with Gasteiger partial charge in [0.25, 0.3) is 5.91 Å². The predicted molar refractivity (Wildman–Crippen MR) is 120 cm³/mol. The maximum atomic E-state index is 12.7. The number of benzene rings is 2. The maximum absolute atomic E-state index is 12.7. The fourth-order valence-corrected chi connectivity index (χ4v) is 3.98. The number of nitrogens with one attached hydrogen (secondary N) is 1. The van der Waals surface area contributed by atoms with Crippen LogP contribution in [-0.2, 0) is 0 Å². The lowest BCUT2D eigenvalue weighted by molar-refractivity contribution is 0.0935. The molecule has 2 heterocycles. The highest BCUT2D eigenvalue weighted by Crippen LogP contribution is 2.33. The molecule has 4 rings (SSSR count). The minimum absolute atomic E-state index is 0.157. The highest BCUT2D eigenvalue weighted by molar-refractivity contribution is 7.13. The van der Waals surface area contributed by atoms with E-state index in [4.69, 9.17) is 9.47 Å². The van der Waals surface area contributed by atoms with Crippen molar-refractivity contribution in [1.82, 2.24) is 19.9 Å². The van der Waals surface area contributed by atoms with Crippen LogP contribution in [0.25, 0.3) is 16.3 Å². The van der Waals surface area contributed by atoms with Crippen molar-refractivity contribution >= 4 is 17.2 Å². The molecule has 4 aromatic rings. The molecule has 8 heteroatoms. The molecule has 1 amide bonds. The summed E-state index contributed by atoms with van der Waals surface area (Å²) >= 11 is 1.41. The van der Waals surface area contributed by atoms with Crippen LogP contribution >= 0.6 is 11.3 Å². The first kappa shape index (κ1) is 20.6. The summed E-state index contributed by atoms with van der Waals surface area (Å²) in [6.45, 7) is 1.95. The first-order valence-electron chi connectivity index (χ1n) is 9.66. The lowest BCUT2D eigenvalue weighted by Gasteiger charge is -2.14. The van der Waals surface area contributed by atoms with Crippen molar-refractivity contribution in [2.24, 2.45) is 0 Å². The van der Waals surface area contributed by atoms with Crippen molar-refractivity contribution < 1.29 is 14.3 Å². The molecule has 7 nitrogen and oxygen atoms in total. The fourth-order valence-electron chi connectivity index (χ4n) is 3.18. The molecule has 0 aliphatic rings. The number of rotatable bonds is 7. The van der Waals surface area contributed by atoms with E-state index >= 15 is 0 Å². The van der Waals surface area contributed by atoms with Gasteiger partial charge in [-0.3, -0.25) is 4.79 Å². The van der Waals surface area contributed by atoms with Crippen molar-refractivity contribution in [3.8, 4) is 27.8 Å². The van der Waals surface area contributed by atoms with Crippen LogP contribution in [0.2, 0.25) is 0 Å². The van der Waals surface area contributed by atoms with Crippen LogP contribution in [0.3, 0.4) is 0 Å². The van der Waals surface area contributed by atoms with E-state index in [1.54, 1.807) is 32.1 Å². The summed E-state index contributed by atoms with van der Waals surface area (Å²) in [5, 5.41) is 5.51. The molecular formula is C23H22N4O3S. The summed E-state index contributed by atoms with van der Waals surface area (Å²) in [5.74, 6) is 1.05. The summed E-state index contributed by atoms with van der Waals surface area (Å²) in [7, 11) is 3.18. The number of amides is 1. The van der Waals surface area contributed by atoms with Gasteiger partial charge in [0.05, 0.1) is 26.6 Å². The molecule has 2 aromatic carbocycles. The van der Waals surface area contributed by atoms with Crippen LogP contribution in [0.5, 0.6) is 11.5 Å². The third-order valence-electron chi connectivity index (χ3n) is 4.91. The van der Waals surface area contributed by atoms with Gasteiger partial charge in [0.15, 0.2) is 11.5 Å². The summed E-state index contributed by atoms with van der Waals surface area (Å²) in [5.41, 5.74) is 3.27. The number of carbonyl (C=O) groups is 1. The van der Waals surface area contributed by atoms with Gasteiger partial charge < -0.3 is 19.4 Å². The van der Waals surface area contributed by atoms with E-state index in [1.165, 1.54) is 11.3 Å². The molecule has 0 radical (unpaired) electrons. The Morgan fingerprint density at radius 3 is 2.55 bits per heavy atom. The average molecular weight is 435 g/mol. The van der Waals surface area contributed by atoms with E-state index in [2.05, 4.69) is 15.3 Å². The third-order valence-corrected chi connectivity index (χ3v) is 5.80. The van der Waals surface area contributed by atoms with Crippen LogP contribution < -0.4 is 14.8 Å². The number of imidazole rings is 1. The lowest BCUT2D eigenvalue weighted by Crippen LogP contribution is -2.26. The molecule has 1 atom stereocenters. The molecular weight excluding hydrogens is 412 g/mol. The van der Waals surface area contributed by atoms with Crippen LogP contribution in [0.1, 0.15) is 29.0 Å². The molecule has 2 aromatic heterocycles. The normalized spacial score (nSPS) is 11.7. The van der Waals surface area contributed by atoms with Crippen LogP contribution in [0.15, 0.2) is 66.6 Å². The van der Waals surface area contributed by atoms with Gasteiger partial charge in [0.2, 0.25) is 0 Å². The maximum Gasteiger partial charge on any atom is 0.271 e. The van der Waals surface area contributed by atoms with E-state index < -0.39 is 0 Å². The molecule has 0 saturated carbocycles. The summed E-state index contributed by atoms with van der Waals surface area (Å²) in [6, 6.07) is 13.4. The summed E-state index contributed by atoms with van der Waals surface area (Å²) < 4.78 is 12.6. The molecule has 0 aliphatic carbocycles. The van der Waals surface area contributed by atoms with Crippen molar-refractivity contribution in [3.05, 3.63) is 77.8 Å². The minimum atomic E-state index is -0.214. The SMILES string of the molecule is COc1ccc(-c2nc(C(=O)N[C@@H](C)c3ccc(-n4ccnc4)cc3)cs2)cc1OC. The molecule has 0 saturated heterocycles. The number of hydrogen-bond donors (Lipinski definition) is 1. The molecule has 0 bridgehead atoms. The zero-order valence-corrected chi connectivity index (χ0v) is 18.2. The standard InChI is InChI=1S/C23H22N4O3S/c1-15(16-4-7-18(8-5-16)27-11-10-24-14-27)25-22(28)19-13-31-23(26-19)17-6-9-20(29-2)21(12-17)30-3/h4-15H,1-3H3,(H,25,28)/t15-/m0/s1. The molecule has 158 valence electrons. The van der Waals surface area contributed by atoms with Gasteiger partial charge >= 0.3 is 0 Å². The van der Waals surface area contributed by atoms with E-state index in [0.29, 0.717) is 17.2 Å². The van der Waals surface area contributed by atoms with Crippen molar-refractivity contribution in [2.75, 3.05) is 14.2 Å². The summed E-state index contributed by atoms with van der Waals surface area (Å²) in [6.07, 6.45) is 5.37. The second-order valence-corrected chi connectivity index (χ2v) is 7.72. The second kappa shape index (κ2) is 9.01. The number of thiazole rings is 1. The quantitative estimate of drug-likeness (QED) is 0.463. The van der Waals surface area contributed by atoms with E-state index in [1.807, 2.05) is 60.2 Å². The van der Waals surface area contributed by atoms with E-state index in [9.17, 15) is 4.79 Å². The Bertz CT molecular complexity index is 1170. The average Bonchev–Trinajstić information content (AvgIpc) is 3.51. The number of aromatic nitrogens is 3. The van der Waals surface area contributed by atoms with E-state index in [0.717, 1.165) is 21.8 Å². The fraction of sp³-hybridized carbons (Fsp3) is 0.174. The first-order chi connectivity index (χ1) is 15.1. The molecule has 31 heavy (non-hydrogen) atoms. The van der Waals surface area contributed by atoms with Gasteiger partial charge in [-0.2, -0.15) is 0 Å². The second-order valence-electron chi connectivity index (χ2n) is 6.86. The summed E-state index contributed by atoms with van der Waals surface area (Å²) in [4.78, 5) is 21.3. The number of hydrogen-bond acceptors (Lipinski definition) is 6. The predicted octanol–water partition coefficient (Wildman–Crippen LogP) is 4.50. The molecule has 0 aliphatic heterocycles. The minimum Gasteiger partial charge on any atom is -0.493 e.